The molecule has 3 rings (SSSR count). The number of benzene rings is 1. The van der Waals surface area contributed by atoms with Gasteiger partial charge in [0.1, 0.15) is 23.7 Å². The SMILES string of the molecule is CCOC(=O)c1cc(-c2cccnc2)nn1CC(=O)c1cc(OC)ccc1OC. The van der Waals surface area contributed by atoms with Crippen molar-refractivity contribution in [1.29, 1.82) is 0 Å². The van der Waals surface area contributed by atoms with Crippen LogP contribution in [0.2, 0.25) is 0 Å². The average Bonchev–Trinajstić information content (AvgIpc) is 3.18. The van der Waals surface area contributed by atoms with Crippen LogP contribution in [0.4, 0.5) is 0 Å². The molecule has 0 bridgehead atoms. The summed E-state index contributed by atoms with van der Waals surface area (Å²) in [4.78, 5) is 29.4. The fraction of sp³-hybridized carbons (Fsp3) is 0.238. The van der Waals surface area contributed by atoms with Crippen molar-refractivity contribution in [2.24, 2.45) is 0 Å². The number of Topliss-reactive ketones (excluding diaryl/α,β-unsaturated/α-hetero) is 1. The largest absolute Gasteiger partial charge is 0.497 e. The van der Waals surface area contributed by atoms with E-state index in [0.29, 0.717) is 22.8 Å². The zero-order valence-corrected chi connectivity index (χ0v) is 16.4. The second-order valence-corrected chi connectivity index (χ2v) is 6.02. The van der Waals surface area contributed by atoms with Crippen molar-refractivity contribution in [2.75, 3.05) is 20.8 Å². The molecule has 0 aliphatic heterocycles. The van der Waals surface area contributed by atoms with Gasteiger partial charge in [0.25, 0.3) is 0 Å². The highest BCUT2D eigenvalue weighted by Gasteiger charge is 2.21. The molecular weight excluding hydrogens is 374 g/mol. The maximum absolute atomic E-state index is 13.0. The normalized spacial score (nSPS) is 10.4. The molecule has 0 amide bonds. The van der Waals surface area contributed by atoms with E-state index in [1.165, 1.54) is 18.9 Å². The summed E-state index contributed by atoms with van der Waals surface area (Å²) >= 11 is 0. The van der Waals surface area contributed by atoms with E-state index in [2.05, 4.69) is 10.1 Å². The van der Waals surface area contributed by atoms with Gasteiger partial charge in [0.2, 0.25) is 0 Å². The monoisotopic (exact) mass is 395 g/mol. The zero-order chi connectivity index (χ0) is 20.8. The summed E-state index contributed by atoms with van der Waals surface area (Å²) in [7, 11) is 3.00. The van der Waals surface area contributed by atoms with Crippen molar-refractivity contribution < 1.29 is 23.8 Å². The summed E-state index contributed by atoms with van der Waals surface area (Å²) < 4.78 is 16.9. The molecule has 0 unspecified atom stereocenters. The fourth-order valence-corrected chi connectivity index (χ4v) is 2.82. The molecule has 0 saturated heterocycles. The van der Waals surface area contributed by atoms with Crippen LogP contribution in [0, 0.1) is 0 Å². The molecule has 1 aromatic carbocycles. The lowest BCUT2D eigenvalue weighted by Gasteiger charge is -2.11. The third-order valence-electron chi connectivity index (χ3n) is 4.22. The van der Waals surface area contributed by atoms with Crippen molar-refractivity contribution in [2.45, 2.75) is 13.5 Å². The van der Waals surface area contributed by atoms with E-state index in [-0.39, 0.29) is 24.6 Å². The highest BCUT2D eigenvalue weighted by atomic mass is 16.5. The van der Waals surface area contributed by atoms with Gasteiger partial charge in [-0.3, -0.25) is 9.78 Å². The molecule has 8 nitrogen and oxygen atoms in total. The van der Waals surface area contributed by atoms with Gasteiger partial charge in [-0.15, -0.1) is 0 Å². The Bertz CT molecular complexity index is 1010. The van der Waals surface area contributed by atoms with Crippen LogP contribution in [0.1, 0.15) is 27.8 Å². The van der Waals surface area contributed by atoms with Gasteiger partial charge in [-0.2, -0.15) is 5.10 Å². The first-order valence-electron chi connectivity index (χ1n) is 8.98. The van der Waals surface area contributed by atoms with Crippen LogP contribution in [0.25, 0.3) is 11.3 Å². The number of ketones is 1. The van der Waals surface area contributed by atoms with Crippen molar-refractivity contribution in [1.82, 2.24) is 14.8 Å². The van der Waals surface area contributed by atoms with Gasteiger partial charge >= 0.3 is 5.97 Å². The summed E-state index contributed by atoms with van der Waals surface area (Å²) in [6.45, 7) is 1.76. The third kappa shape index (κ3) is 4.43. The summed E-state index contributed by atoms with van der Waals surface area (Å²) in [5, 5.41) is 4.43. The maximum atomic E-state index is 13.0. The Balaban J connectivity index is 1.98. The number of carbonyl (C=O) groups excluding carboxylic acids is 2. The predicted molar refractivity (Wildman–Crippen MR) is 105 cm³/mol. The summed E-state index contributed by atoms with van der Waals surface area (Å²) in [6.07, 6.45) is 3.28. The molecule has 0 N–H and O–H groups in total. The average molecular weight is 395 g/mol. The summed E-state index contributed by atoms with van der Waals surface area (Å²) in [6, 6.07) is 10.1. The lowest BCUT2D eigenvalue weighted by atomic mass is 10.1. The van der Waals surface area contributed by atoms with Gasteiger partial charge in [-0.05, 0) is 43.3 Å². The van der Waals surface area contributed by atoms with Gasteiger partial charge in [-0.1, -0.05) is 0 Å². The summed E-state index contributed by atoms with van der Waals surface area (Å²) in [5.41, 5.74) is 1.76. The van der Waals surface area contributed by atoms with Gasteiger partial charge in [-0.25, -0.2) is 9.48 Å². The molecule has 0 spiro atoms. The molecule has 0 aliphatic carbocycles. The van der Waals surface area contributed by atoms with Gasteiger partial charge in [0.15, 0.2) is 5.78 Å². The van der Waals surface area contributed by atoms with E-state index in [1.54, 1.807) is 49.6 Å². The van der Waals surface area contributed by atoms with E-state index in [0.717, 1.165) is 5.56 Å². The third-order valence-corrected chi connectivity index (χ3v) is 4.22. The number of nitrogens with zero attached hydrogens (tertiary/aromatic N) is 3. The number of pyridine rings is 1. The van der Waals surface area contributed by atoms with Gasteiger partial charge in [0, 0.05) is 18.0 Å². The Hall–Kier alpha value is -3.68. The number of rotatable bonds is 8. The van der Waals surface area contributed by atoms with Crippen LogP contribution in [0.15, 0.2) is 48.8 Å². The lowest BCUT2D eigenvalue weighted by Crippen LogP contribution is -2.18. The molecule has 0 radical (unpaired) electrons. The van der Waals surface area contributed by atoms with Crippen molar-refractivity contribution in [3.8, 4) is 22.8 Å². The van der Waals surface area contributed by atoms with E-state index in [1.807, 2.05) is 6.07 Å². The van der Waals surface area contributed by atoms with E-state index in [4.69, 9.17) is 14.2 Å². The first kappa shape index (κ1) is 20.1. The van der Waals surface area contributed by atoms with E-state index < -0.39 is 5.97 Å². The standard InChI is InChI=1S/C21H21N3O5/c1-4-29-21(26)18-11-17(14-6-5-9-22-12-14)23-24(18)13-19(25)16-10-15(27-2)7-8-20(16)28-3/h5-12H,4,13H2,1-3H3. The van der Waals surface area contributed by atoms with Crippen LogP contribution in [0.5, 0.6) is 11.5 Å². The first-order chi connectivity index (χ1) is 14.1. The number of carbonyl (C=O) groups is 2. The quantitative estimate of drug-likeness (QED) is 0.427. The Morgan fingerprint density at radius 1 is 1.10 bits per heavy atom. The van der Waals surface area contributed by atoms with Crippen molar-refractivity contribution >= 4 is 11.8 Å². The second kappa shape index (κ2) is 9.01. The smallest absolute Gasteiger partial charge is 0.356 e. The molecule has 8 heteroatoms. The molecule has 0 aliphatic rings. The van der Waals surface area contributed by atoms with Crippen LogP contribution >= 0.6 is 0 Å². The van der Waals surface area contributed by atoms with Crippen LogP contribution < -0.4 is 9.47 Å². The van der Waals surface area contributed by atoms with E-state index >= 15 is 0 Å². The minimum atomic E-state index is -0.555. The van der Waals surface area contributed by atoms with E-state index in [9.17, 15) is 9.59 Å². The first-order valence-corrected chi connectivity index (χ1v) is 8.98. The Kier molecular flexibility index (Phi) is 6.23. The van der Waals surface area contributed by atoms with Crippen LogP contribution in [-0.4, -0.2) is 47.3 Å². The van der Waals surface area contributed by atoms with Crippen LogP contribution in [0.3, 0.4) is 0 Å². The van der Waals surface area contributed by atoms with Gasteiger partial charge < -0.3 is 14.2 Å². The number of hydrogen-bond donors (Lipinski definition) is 0. The molecule has 2 heterocycles. The Morgan fingerprint density at radius 3 is 2.59 bits per heavy atom. The number of methoxy groups -OCH3 is 2. The van der Waals surface area contributed by atoms with Crippen molar-refractivity contribution in [3.05, 3.63) is 60.0 Å². The molecule has 150 valence electrons. The lowest BCUT2D eigenvalue weighted by molar-refractivity contribution is 0.0512. The van der Waals surface area contributed by atoms with Gasteiger partial charge in [0.05, 0.1) is 32.1 Å². The maximum Gasteiger partial charge on any atom is 0.356 e. The molecule has 2 aromatic heterocycles. The predicted octanol–water partition coefficient (Wildman–Crippen LogP) is 3.02. The molecule has 3 aromatic rings. The minimum absolute atomic E-state index is 0.169. The number of hydrogen-bond acceptors (Lipinski definition) is 7. The molecule has 29 heavy (non-hydrogen) atoms. The molecular formula is C21H21N3O5. The Morgan fingerprint density at radius 2 is 1.93 bits per heavy atom. The topological polar surface area (TPSA) is 92.5 Å². The molecule has 0 fully saturated rings. The minimum Gasteiger partial charge on any atom is -0.497 e. The highest BCUT2D eigenvalue weighted by molar-refractivity contribution is 5.99. The molecule has 0 atom stereocenters. The number of esters is 1. The molecule has 0 saturated carbocycles. The van der Waals surface area contributed by atoms with Crippen LogP contribution in [-0.2, 0) is 11.3 Å². The Labute approximate surface area is 168 Å². The zero-order valence-electron chi connectivity index (χ0n) is 16.4. The number of aromatic nitrogens is 3. The fourth-order valence-electron chi connectivity index (χ4n) is 2.82. The summed E-state index contributed by atoms with van der Waals surface area (Å²) in [5.74, 6) is 0.0945. The highest BCUT2D eigenvalue weighted by Crippen LogP contribution is 2.25. The number of ether oxygens (including phenoxy) is 3. The van der Waals surface area contributed by atoms with Crippen molar-refractivity contribution in [3.63, 3.8) is 0 Å². The second-order valence-electron chi connectivity index (χ2n) is 6.02.